The number of hydrogen-bond donors (Lipinski definition) is 1. The van der Waals surface area contributed by atoms with Crippen LogP contribution in [0, 0.1) is 13.8 Å². The molecule has 5 nitrogen and oxygen atoms in total. The third kappa shape index (κ3) is 7.48. The summed E-state index contributed by atoms with van der Waals surface area (Å²) in [4.78, 5) is 28.5. The second-order valence-corrected chi connectivity index (χ2v) is 8.61. The van der Waals surface area contributed by atoms with Crippen LogP contribution in [0.1, 0.15) is 35.6 Å². The van der Waals surface area contributed by atoms with Crippen molar-refractivity contribution in [2.75, 3.05) is 13.2 Å². The second-order valence-electron chi connectivity index (χ2n) is 8.61. The highest BCUT2D eigenvalue weighted by molar-refractivity contribution is 5.88. The van der Waals surface area contributed by atoms with E-state index in [2.05, 4.69) is 5.32 Å². The fourth-order valence-electron chi connectivity index (χ4n) is 3.86. The van der Waals surface area contributed by atoms with E-state index in [4.69, 9.17) is 4.74 Å². The summed E-state index contributed by atoms with van der Waals surface area (Å²) in [5, 5.41) is 2.99. The molecule has 0 radical (unpaired) electrons. The molecule has 0 saturated heterocycles. The van der Waals surface area contributed by atoms with Gasteiger partial charge in [0.1, 0.15) is 11.8 Å². The minimum Gasteiger partial charge on any atom is -0.484 e. The van der Waals surface area contributed by atoms with Crippen molar-refractivity contribution in [3.05, 3.63) is 101 Å². The zero-order valence-electron chi connectivity index (χ0n) is 20.3. The highest BCUT2D eigenvalue weighted by Crippen LogP contribution is 2.17. The zero-order valence-corrected chi connectivity index (χ0v) is 20.3. The predicted octanol–water partition coefficient (Wildman–Crippen LogP) is 4.85. The van der Waals surface area contributed by atoms with Crippen LogP contribution < -0.4 is 10.1 Å². The van der Waals surface area contributed by atoms with E-state index >= 15 is 0 Å². The van der Waals surface area contributed by atoms with Gasteiger partial charge in [-0.15, -0.1) is 0 Å². The number of nitrogens with zero attached hydrogens (tertiary/aromatic N) is 1. The number of aryl methyl sites for hydroxylation is 2. The first kappa shape index (κ1) is 25.0. The van der Waals surface area contributed by atoms with Gasteiger partial charge in [-0.1, -0.05) is 79.2 Å². The summed E-state index contributed by atoms with van der Waals surface area (Å²) in [6.07, 6.45) is 1.25. The quantitative estimate of drug-likeness (QED) is 0.447. The van der Waals surface area contributed by atoms with Gasteiger partial charge in [0.15, 0.2) is 6.61 Å². The van der Waals surface area contributed by atoms with E-state index in [0.29, 0.717) is 25.3 Å². The molecule has 3 aromatic carbocycles. The molecule has 0 bridgehead atoms. The summed E-state index contributed by atoms with van der Waals surface area (Å²) in [6.45, 7) is 6.77. The van der Waals surface area contributed by atoms with E-state index in [-0.39, 0.29) is 18.4 Å². The molecule has 178 valence electrons. The van der Waals surface area contributed by atoms with E-state index in [1.54, 1.807) is 4.90 Å². The molecule has 0 aliphatic rings. The fourth-order valence-corrected chi connectivity index (χ4v) is 3.86. The molecule has 0 aliphatic heterocycles. The molecule has 2 amide bonds. The molecule has 1 atom stereocenters. The van der Waals surface area contributed by atoms with E-state index in [0.717, 1.165) is 28.7 Å². The minimum absolute atomic E-state index is 0.137. The van der Waals surface area contributed by atoms with Gasteiger partial charge < -0.3 is 15.0 Å². The summed E-state index contributed by atoms with van der Waals surface area (Å²) in [5.41, 5.74) is 4.14. The average Bonchev–Trinajstić information content (AvgIpc) is 2.84. The molecule has 0 aromatic heterocycles. The van der Waals surface area contributed by atoms with E-state index in [1.165, 1.54) is 0 Å². The maximum absolute atomic E-state index is 13.5. The van der Waals surface area contributed by atoms with Gasteiger partial charge in [0, 0.05) is 19.5 Å². The summed E-state index contributed by atoms with van der Waals surface area (Å²) < 4.78 is 5.83. The predicted molar refractivity (Wildman–Crippen MR) is 136 cm³/mol. The molecule has 0 unspecified atom stereocenters. The highest BCUT2D eigenvalue weighted by atomic mass is 16.5. The lowest BCUT2D eigenvalue weighted by atomic mass is 10.0. The van der Waals surface area contributed by atoms with Crippen LogP contribution >= 0.6 is 0 Å². The highest BCUT2D eigenvalue weighted by Gasteiger charge is 2.30. The van der Waals surface area contributed by atoms with Crippen molar-refractivity contribution in [2.45, 2.75) is 46.2 Å². The first-order chi connectivity index (χ1) is 16.5. The smallest absolute Gasteiger partial charge is 0.261 e. The standard InChI is InChI=1S/C29H34N2O3/c1-4-16-30-29(33)27(19-24-12-6-5-7-13-24)31(20-25-14-8-10-22(2)17-25)28(32)21-34-26-15-9-11-23(3)18-26/h5-15,17-18,27H,4,16,19-21H2,1-3H3,(H,30,33)/t27-/m1/s1. The normalized spacial score (nSPS) is 11.5. The summed E-state index contributed by atoms with van der Waals surface area (Å²) in [6, 6.07) is 24.8. The topological polar surface area (TPSA) is 58.6 Å². The third-order valence-corrected chi connectivity index (χ3v) is 5.61. The van der Waals surface area contributed by atoms with Crippen molar-refractivity contribution in [3.63, 3.8) is 0 Å². The molecule has 1 N–H and O–H groups in total. The van der Waals surface area contributed by atoms with Crippen molar-refractivity contribution >= 4 is 11.8 Å². The lowest BCUT2D eigenvalue weighted by molar-refractivity contribution is -0.142. The number of nitrogens with one attached hydrogen (secondary N) is 1. The summed E-state index contributed by atoms with van der Waals surface area (Å²) in [5.74, 6) is 0.261. The Morgan fingerprint density at radius 3 is 2.24 bits per heavy atom. The molecule has 0 fully saturated rings. The van der Waals surface area contributed by atoms with Crippen molar-refractivity contribution in [1.29, 1.82) is 0 Å². The molecule has 3 aromatic rings. The number of benzene rings is 3. The Labute approximate surface area is 202 Å². The van der Waals surface area contributed by atoms with Crippen molar-refractivity contribution in [1.82, 2.24) is 10.2 Å². The van der Waals surface area contributed by atoms with Crippen LogP contribution in [0.15, 0.2) is 78.9 Å². The maximum atomic E-state index is 13.5. The molecule has 0 saturated carbocycles. The lowest BCUT2D eigenvalue weighted by Crippen LogP contribution is -2.51. The van der Waals surface area contributed by atoms with Gasteiger partial charge in [-0.25, -0.2) is 0 Å². The largest absolute Gasteiger partial charge is 0.484 e. The van der Waals surface area contributed by atoms with E-state index in [9.17, 15) is 9.59 Å². The first-order valence-electron chi connectivity index (χ1n) is 11.8. The van der Waals surface area contributed by atoms with Gasteiger partial charge >= 0.3 is 0 Å². The molecule has 5 heteroatoms. The molecule has 0 spiro atoms. The maximum Gasteiger partial charge on any atom is 0.261 e. The lowest BCUT2D eigenvalue weighted by Gasteiger charge is -2.31. The van der Waals surface area contributed by atoms with Crippen LogP contribution in [-0.4, -0.2) is 35.9 Å². The van der Waals surface area contributed by atoms with Gasteiger partial charge in [-0.2, -0.15) is 0 Å². The van der Waals surface area contributed by atoms with Crippen LogP contribution in [0.25, 0.3) is 0 Å². The molecule has 3 rings (SSSR count). The number of rotatable bonds is 11. The van der Waals surface area contributed by atoms with Gasteiger partial charge in [-0.05, 0) is 49.1 Å². The van der Waals surface area contributed by atoms with Crippen molar-refractivity contribution in [3.8, 4) is 5.75 Å². The van der Waals surface area contributed by atoms with Crippen LogP contribution in [0.4, 0.5) is 0 Å². The Morgan fingerprint density at radius 2 is 1.56 bits per heavy atom. The monoisotopic (exact) mass is 458 g/mol. The first-order valence-corrected chi connectivity index (χ1v) is 11.8. The van der Waals surface area contributed by atoms with Crippen molar-refractivity contribution in [2.24, 2.45) is 0 Å². The minimum atomic E-state index is -0.650. The Hall–Kier alpha value is -3.60. The Bertz CT molecular complexity index is 1080. The number of amides is 2. The number of carbonyl (C=O) groups excluding carboxylic acids is 2. The van der Waals surface area contributed by atoms with Crippen LogP contribution in [0.3, 0.4) is 0 Å². The van der Waals surface area contributed by atoms with Gasteiger partial charge in [0.2, 0.25) is 5.91 Å². The fraction of sp³-hybridized carbons (Fsp3) is 0.310. The third-order valence-electron chi connectivity index (χ3n) is 5.61. The zero-order chi connectivity index (χ0) is 24.3. The van der Waals surface area contributed by atoms with E-state index < -0.39 is 6.04 Å². The van der Waals surface area contributed by atoms with Crippen molar-refractivity contribution < 1.29 is 14.3 Å². The second kappa shape index (κ2) is 12.6. The molecule has 34 heavy (non-hydrogen) atoms. The SMILES string of the molecule is CCCNC(=O)[C@@H](Cc1ccccc1)N(Cc1cccc(C)c1)C(=O)COc1cccc(C)c1. The Kier molecular flexibility index (Phi) is 9.27. The van der Waals surface area contributed by atoms with Crippen LogP contribution in [0.2, 0.25) is 0 Å². The van der Waals surface area contributed by atoms with Crippen LogP contribution in [-0.2, 0) is 22.6 Å². The molecule has 0 aliphatic carbocycles. The summed E-state index contributed by atoms with van der Waals surface area (Å²) >= 11 is 0. The Balaban J connectivity index is 1.89. The number of ether oxygens (including phenoxy) is 1. The van der Waals surface area contributed by atoms with Gasteiger partial charge in [0.25, 0.3) is 5.91 Å². The number of carbonyl (C=O) groups is 2. The Morgan fingerprint density at radius 1 is 0.882 bits per heavy atom. The number of hydrogen-bond acceptors (Lipinski definition) is 3. The van der Waals surface area contributed by atoms with E-state index in [1.807, 2.05) is 99.6 Å². The average molecular weight is 459 g/mol. The molecular formula is C29H34N2O3. The van der Waals surface area contributed by atoms with Crippen LogP contribution in [0.5, 0.6) is 5.75 Å². The molecule has 0 heterocycles. The molecular weight excluding hydrogens is 424 g/mol. The van der Waals surface area contributed by atoms with Gasteiger partial charge in [-0.3, -0.25) is 9.59 Å². The summed E-state index contributed by atoms with van der Waals surface area (Å²) in [7, 11) is 0. The van der Waals surface area contributed by atoms with Gasteiger partial charge in [0.05, 0.1) is 0 Å².